The van der Waals surface area contributed by atoms with Crippen LogP contribution in [-0.2, 0) is 10.0 Å². The maximum atomic E-state index is 10.8. The zero-order valence-electron chi connectivity index (χ0n) is 7.00. The Balaban J connectivity index is 3.70. The van der Waals surface area contributed by atoms with Crippen molar-refractivity contribution < 1.29 is 8.42 Å². The molecular weight excluding hydrogens is 162 g/mol. The monoisotopic (exact) mass is 177 g/mol. The molecule has 0 saturated carbocycles. The molecule has 0 atom stereocenters. The van der Waals surface area contributed by atoms with E-state index in [0.717, 1.165) is 12.8 Å². The van der Waals surface area contributed by atoms with Crippen LogP contribution in [0.4, 0.5) is 0 Å². The fourth-order valence-electron chi connectivity index (χ4n) is 0.563. The van der Waals surface area contributed by atoms with Crippen molar-refractivity contribution in [3.05, 3.63) is 12.2 Å². The van der Waals surface area contributed by atoms with Crippen molar-refractivity contribution in [3.63, 3.8) is 0 Å². The Morgan fingerprint density at radius 1 is 1.36 bits per heavy atom. The zero-order valence-corrected chi connectivity index (χ0v) is 7.82. The van der Waals surface area contributed by atoms with Gasteiger partial charge in [0.1, 0.15) is 0 Å². The molecule has 0 aromatic carbocycles. The average Bonchev–Trinajstić information content (AvgIpc) is 1.99. The second-order valence-electron chi connectivity index (χ2n) is 2.25. The number of nitrogens with one attached hydrogen (secondary N) is 1. The molecule has 0 rings (SSSR count). The van der Waals surface area contributed by atoms with Crippen molar-refractivity contribution in [1.29, 1.82) is 0 Å². The fourth-order valence-corrected chi connectivity index (χ4v) is 1.12. The summed E-state index contributed by atoms with van der Waals surface area (Å²) < 4.78 is 23.8. The molecule has 0 saturated heterocycles. The minimum Gasteiger partial charge on any atom is -0.218 e. The molecule has 0 aliphatic heterocycles. The van der Waals surface area contributed by atoms with E-state index < -0.39 is 10.0 Å². The second kappa shape index (κ2) is 5.32. The van der Waals surface area contributed by atoms with Gasteiger partial charge in [-0.2, -0.15) is 0 Å². The van der Waals surface area contributed by atoms with Crippen LogP contribution >= 0.6 is 0 Å². The lowest BCUT2D eigenvalue weighted by Crippen LogP contribution is -2.20. The third kappa shape index (κ3) is 6.06. The molecule has 0 spiro atoms. The summed E-state index contributed by atoms with van der Waals surface area (Å²) >= 11 is 0. The first-order chi connectivity index (χ1) is 5.12. The molecule has 0 heterocycles. The minimum atomic E-state index is -3.04. The first-order valence-corrected chi connectivity index (χ1v) is 5.34. The van der Waals surface area contributed by atoms with Crippen LogP contribution in [0.5, 0.6) is 0 Å². The third-order valence-electron chi connectivity index (χ3n) is 1.25. The van der Waals surface area contributed by atoms with E-state index in [4.69, 9.17) is 0 Å². The standard InChI is InChI=1S/C7H15NO2S/c1-3-4-5-6-7-11(9,10)8-2/h5-6,8H,3-4,7H2,1-2H3/b6-5+. The molecule has 4 heteroatoms. The number of allylic oxidation sites excluding steroid dienone is 1. The highest BCUT2D eigenvalue weighted by atomic mass is 32.2. The van der Waals surface area contributed by atoms with E-state index in [1.807, 2.05) is 6.08 Å². The quantitative estimate of drug-likeness (QED) is 0.634. The van der Waals surface area contributed by atoms with E-state index in [1.165, 1.54) is 7.05 Å². The van der Waals surface area contributed by atoms with Crippen LogP contribution in [0.2, 0.25) is 0 Å². The Kier molecular flexibility index (Phi) is 5.15. The van der Waals surface area contributed by atoms with Crippen LogP contribution in [0.25, 0.3) is 0 Å². The van der Waals surface area contributed by atoms with E-state index in [0.29, 0.717) is 0 Å². The molecule has 0 bridgehead atoms. The molecular formula is C7H15NO2S. The lowest BCUT2D eigenvalue weighted by molar-refractivity contribution is 0.591. The molecule has 3 nitrogen and oxygen atoms in total. The van der Waals surface area contributed by atoms with E-state index in [1.54, 1.807) is 6.08 Å². The molecule has 11 heavy (non-hydrogen) atoms. The highest BCUT2D eigenvalue weighted by Gasteiger charge is 2.00. The first-order valence-electron chi connectivity index (χ1n) is 3.68. The van der Waals surface area contributed by atoms with E-state index in [9.17, 15) is 8.42 Å². The predicted molar refractivity (Wildman–Crippen MR) is 46.9 cm³/mol. The number of hydrogen-bond donors (Lipinski definition) is 1. The molecule has 0 aromatic heterocycles. The van der Waals surface area contributed by atoms with Gasteiger partial charge < -0.3 is 0 Å². The Labute approximate surface area is 68.5 Å². The van der Waals surface area contributed by atoms with Gasteiger partial charge >= 0.3 is 0 Å². The van der Waals surface area contributed by atoms with Gasteiger partial charge in [-0.15, -0.1) is 0 Å². The largest absolute Gasteiger partial charge is 0.218 e. The molecule has 0 fully saturated rings. The summed E-state index contributed by atoms with van der Waals surface area (Å²) in [6.07, 6.45) is 5.56. The van der Waals surface area contributed by atoms with E-state index >= 15 is 0 Å². The molecule has 66 valence electrons. The topological polar surface area (TPSA) is 46.2 Å². The van der Waals surface area contributed by atoms with Crippen LogP contribution in [0.15, 0.2) is 12.2 Å². The summed E-state index contributed by atoms with van der Waals surface area (Å²) in [4.78, 5) is 0. The van der Waals surface area contributed by atoms with Gasteiger partial charge in [-0.05, 0) is 13.5 Å². The number of sulfonamides is 1. The Morgan fingerprint density at radius 2 is 2.00 bits per heavy atom. The molecule has 1 N–H and O–H groups in total. The van der Waals surface area contributed by atoms with Crippen LogP contribution in [0, 0.1) is 0 Å². The summed E-state index contributed by atoms with van der Waals surface area (Å²) in [6, 6.07) is 0. The normalized spacial score (nSPS) is 12.5. The van der Waals surface area contributed by atoms with Gasteiger partial charge in [0.15, 0.2) is 0 Å². The second-order valence-corrected chi connectivity index (χ2v) is 4.22. The van der Waals surface area contributed by atoms with Crippen molar-refractivity contribution in [2.24, 2.45) is 0 Å². The predicted octanol–water partition coefficient (Wildman–Crippen LogP) is 0.892. The van der Waals surface area contributed by atoms with Crippen molar-refractivity contribution in [2.75, 3.05) is 12.8 Å². The van der Waals surface area contributed by atoms with Crippen molar-refractivity contribution in [3.8, 4) is 0 Å². The average molecular weight is 177 g/mol. The van der Waals surface area contributed by atoms with Crippen LogP contribution in [0.1, 0.15) is 19.8 Å². The van der Waals surface area contributed by atoms with Crippen molar-refractivity contribution in [1.82, 2.24) is 4.72 Å². The SMILES string of the molecule is CCC/C=C/CS(=O)(=O)NC. The van der Waals surface area contributed by atoms with Crippen LogP contribution in [0.3, 0.4) is 0 Å². The van der Waals surface area contributed by atoms with Crippen LogP contribution < -0.4 is 4.72 Å². The van der Waals surface area contributed by atoms with Gasteiger partial charge in [-0.25, -0.2) is 13.1 Å². The van der Waals surface area contributed by atoms with Gasteiger partial charge in [0.05, 0.1) is 5.75 Å². The van der Waals surface area contributed by atoms with Crippen LogP contribution in [-0.4, -0.2) is 21.2 Å². The molecule has 0 aromatic rings. The summed E-state index contributed by atoms with van der Waals surface area (Å²) in [5, 5.41) is 0. The first kappa shape index (κ1) is 10.7. The maximum Gasteiger partial charge on any atom is 0.214 e. The van der Waals surface area contributed by atoms with Gasteiger partial charge in [0.25, 0.3) is 0 Å². The molecule has 0 amide bonds. The smallest absolute Gasteiger partial charge is 0.214 e. The highest BCUT2D eigenvalue weighted by molar-refractivity contribution is 7.89. The third-order valence-corrected chi connectivity index (χ3v) is 2.50. The number of rotatable bonds is 5. The fraction of sp³-hybridized carbons (Fsp3) is 0.714. The van der Waals surface area contributed by atoms with Gasteiger partial charge in [0.2, 0.25) is 10.0 Å². The van der Waals surface area contributed by atoms with Crippen molar-refractivity contribution in [2.45, 2.75) is 19.8 Å². The number of unbranched alkanes of at least 4 members (excludes halogenated alkanes) is 1. The van der Waals surface area contributed by atoms with Crippen molar-refractivity contribution >= 4 is 10.0 Å². The zero-order chi connectivity index (χ0) is 8.74. The lowest BCUT2D eigenvalue weighted by Gasteiger charge is -1.95. The van der Waals surface area contributed by atoms with E-state index in [2.05, 4.69) is 11.6 Å². The Bertz CT molecular complexity index is 206. The molecule has 0 aliphatic rings. The van der Waals surface area contributed by atoms with E-state index in [-0.39, 0.29) is 5.75 Å². The molecule has 0 radical (unpaired) electrons. The van der Waals surface area contributed by atoms with Gasteiger partial charge in [0, 0.05) is 0 Å². The van der Waals surface area contributed by atoms with Gasteiger partial charge in [-0.1, -0.05) is 25.5 Å². The maximum absolute atomic E-state index is 10.8. The summed E-state index contributed by atoms with van der Waals surface area (Å²) in [6.45, 7) is 2.05. The lowest BCUT2D eigenvalue weighted by atomic mass is 10.3. The summed E-state index contributed by atoms with van der Waals surface area (Å²) in [5.41, 5.74) is 0. The minimum absolute atomic E-state index is 0.0868. The summed E-state index contributed by atoms with van der Waals surface area (Å²) in [5.74, 6) is 0.0868. The Morgan fingerprint density at radius 3 is 2.45 bits per heavy atom. The molecule has 0 aliphatic carbocycles. The summed E-state index contributed by atoms with van der Waals surface area (Å²) in [7, 11) is -1.62. The Hall–Kier alpha value is -0.350. The van der Waals surface area contributed by atoms with Gasteiger partial charge in [-0.3, -0.25) is 0 Å². The highest BCUT2D eigenvalue weighted by Crippen LogP contribution is 1.90. The molecule has 0 unspecified atom stereocenters. The number of hydrogen-bond acceptors (Lipinski definition) is 2.